The van der Waals surface area contributed by atoms with Crippen molar-refractivity contribution in [1.29, 1.82) is 0 Å². The molecule has 1 aliphatic carbocycles. The fraction of sp³-hybridized carbons (Fsp3) is 0.800. The van der Waals surface area contributed by atoms with E-state index < -0.39 is 11.4 Å². The van der Waals surface area contributed by atoms with Gasteiger partial charge in [0.15, 0.2) is 0 Å². The predicted molar refractivity (Wildman–Crippen MR) is 51.3 cm³/mol. The molecule has 1 aliphatic heterocycles. The number of nitrogens with zero attached hydrogens (tertiary/aromatic N) is 1. The summed E-state index contributed by atoms with van der Waals surface area (Å²) in [5, 5.41) is 0. The van der Waals surface area contributed by atoms with Crippen molar-refractivity contribution in [3.63, 3.8) is 0 Å². The Morgan fingerprint density at radius 3 is 2.36 bits per heavy atom. The number of hydrogen-bond acceptors (Lipinski definition) is 2. The Morgan fingerprint density at radius 2 is 2.07 bits per heavy atom. The van der Waals surface area contributed by atoms with E-state index in [1.54, 1.807) is 0 Å². The van der Waals surface area contributed by atoms with Gasteiger partial charge in [-0.3, -0.25) is 9.69 Å². The molecule has 2 unspecified atom stereocenters. The Balaban J connectivity index is 2.49. The third kappa shape index (κ3) is 0.751. The lowest BCUT2D eigenvalue weighted by Crippen LogP contribution is -2.47. The van der Waals surface area contributed by atoms with Crippen LogP contribution < -0.4 is 5.73 Å². The van der Waals surface area contributed by atoms with Gasteiger partial charge in [0.05, 0.1) is 5.41 Å². The molecule has 1 saturated heterocycles. The summed E-state index contributed by atoms with van der Waals surface area (Å²) in [6.07, 6.45) is 1.76. The number of primary amides is 1. The van der Waals surface area contributed by atoms with E-state index in [1.807, 2.05) is 20.8 Å². The second-order valence-electron chi connectivity index (χ2n) is 5.12. The van der Waals surface area contributed by atoms with Gasteiger partial charge in [-0.05, 0) is 18.3 Å². The van der Waals surface area contributed by atoms with Gasteiger partial charge in [0, 0.05) is 6.04 Å². The lowest BCUT2D eigenvalue weighted by atomic mass is 9.70. The monoisotopic (exact) mass is 196 g/mol. The zero-order chi connectivity index (χ0) is 10.7. The summed E-state index contributed by atoms with van der Waals surface area (Å²) in [5.74, 6) is -0.0914. The van der Waals surface area contributed by atoms with E-state index in [1.165, 1.54) is 4.90 Å². The molecule has 2 bridgehead atoms. The van der Waals surface area contributed by atoms with Crippen molar-refractivity contribution in [2.24, 2.45) is 16.6 Å². The topological polar surface area (TPSA) is 63.4 Å². The average molecular weight is 196 g/mol. The predicted octanol–water partition coefficient (Wildman–Crippen LogP) is 1.10. The first-order valence-corrected chi connectivity index (χ1v) is 4.95. The van der Waals surface area contributed by atoms with Gasteiger partial charge in [-0.25, -0.2) is 4.79 Å². The van der Waals surface area contributed by atoms with Gasteiger partial charge in [-0.15, -0.1) is 0 Å². The minimum Gasteiger partial charge on any atom is -0.351 e. The molecule has 2 N–H and O–H groups in total. The van der Waals surface area contributed by atoms with Crippen molar-refractivity contribution in [3.8, 4) is 0 Å². The van der Waals surface area contributed by atoms with E-state index in [2.05, 4.69) is 0 Å². The third-order valence-electron chi connectivity index (χ3n) is 4.41. The molecular formula is C10H16N2O2. The first kappa shape index (κ1) is 9.49. The second-order valence-corrected chi connectivity index (χ2v) is 5.12. The Morgan fingerprint density at radius 1 is 1.50 bits per heavy atom. The van der Waals surface area contributed by atoms with Gasteiger partial charge < -0.3 is 5.73 Å². The smallest absolute Gasteiger partial charge is 0.321 e. The molecule has 0 aromatic rings. The van der Waals surface area contributed by atoms with E-state index in [0.29, 0.717) is 0 Å². The van der Waals surface area contributed by atoms with Crippen LogP contribution in [-0.4, -0.2) is 22.9 Å². The summed E-state index contributed by atoms with van der Waals surface area (Å²) >= 11 is 0. The lowest BCUT2D eigenvalue weighted by Gasteiger charge is -2.29. The number of urea groups is 1. The first-order chi connectivity index (χ1) is 6.32. The highest BCUT2D eigenvalue weighted by Crippen LogP contribution is 2.60. The number of nitrogens with two attached hydrogens (primary N) is 1. The van der Waals surface area contributed by atoms with Crippen LogP contribution in [0, 0.1) is 10.8 Å². The fourth-order valence-electron chi connectivity index (χ4n) is 2.97. The van der Waals surface area contributed by atoms with E-state index >= 15 is 0 Å². The highest BCUT2D eigenvalue weighted by atomic mass is 16.2. The van der Waals surface area contributed by atoms with Gasteiger partial charge in [0.25, 0.3) is 0 Å². The van der Waals surface area contributed by atoms with E-state index in [-0.39, 0.29) is 17.4 Å². The summed E-state index contributed by atoms with van der Waals surface area (Å²) in [7, 11) is 0. The van der Waals surface area contributed by atoms with Gasteiger partial charge in [-0.1, -0.05) is 20.8 Å². The van der Waals surface area contributed by atoms with Crippen molar-refractivity contribution in [1.82, 2.24) is 4.90 Å². The summed E-state index contributed by atoms with van der Waals surface area (Å²) in [4.78, 5) is 24.4. The molecular weight excluding hydrogens is 180 g/mol. The number of likely N-dealkylation sites (tertiary alicyclic amines) is 1. The summed E-state index contributed by atoms with van der Waals surface area (Å²) < 4.78 is 0. The van der Waals surface area contributed by atoms with Crippen molar-refractivity contribution < 1.29 is 9.59 Å². The maximum absolute atomic E-state index is 12.0. The van der Waals surface area contributed by atoms with Crippen LogP contribution in [0.3, 0.4) is 0 Å². The van der Waals surface area contributed by atoms with Crippen LogP contribution in [0.15, 0.2) is 0 Å². The maximum Gasteiger partial charge on any atom is 0.321 e. The van der Waals surface area contributed by atoms with Gasteiger partial charge in [-0.2, -0.15) is 0 Å². The minimum absolute atomic E-state index is 0.00231. The number of carbonyl (C=O) groups is 2. The average Bonchev–Trinajstić information content (AvgIpc) is 2.35. The molecule has 14 heavy (non-hydrogen) atoms. The zero-order valence-corrected chi connectivity index (χ0v) is 8.83. The molecule has 2 rings (SSSR count). The number of carbonyl (C=O) groups excluding carboxylic acids is 2. The molecule has 3 amide bonds. The molecule has 1 saturated carbocycles. The lowest BCUT2D eigenvalue weighted by molar-refractivity contribution is -0.136. The number of fused-ring (bicyclic) bond motifs is 2. The second kappa shape index (κ2) is 2.30. The highest BCUT2D eigenvalue weighted by molar-refractivity contribution is 6.00. The van der Waals surface area contributed by atoms with Crippen LogP contribution >= 0.6 is 0 Å². The Hall–Kier alpha value is -1.06. The van der Waals surface area contributed by atoms with Crippen LogP contribution in [0.4, 0.5) is 4.79 Å². The molecule has 2 aliphatic rings. The van der Waals surface area contributed by atoms with Crippen LogP contribution in [0.25, 0.3) is 0 Å². The standard InChI is InChI=1S/C10H16N2O2/c1-9(2)6-4-5-10(9,3)7(13)12(6)8(11)14/h6H,4-5H2,1-3H3,(H2,11,14). The van der Waals surface area contributed by atoms with Gasteiger partial charge >= 0.3 is 6.03 Å². The summed E-state index contributed by atoms with van der Waals surface area (Å²) in [6.45, 7) is 6.04. The van der Waals surface area contributed by atoms with Crippen molar-refractivity contribution in [3.05, 3.63) is 0 Å². The number of amides is 3. The SMILES string of the molecule is CC12CCC(N(C(N)=O)C1=O)C2(C)C. The molecule has 2 atom stereocenters. The third-order valence-corrected chi connectivity index (χ3v) is 4.41. The minimum atomic E-state index is -0.600. The van der Waals surface area contributed by atoms with E-state index in [9.17, 15) is 9.59 Å². The maximum atomic E-state index is 12.0. The fourth-order valence-corrected chi connectivity index (χ4v) is 2.97. The highest BCUT2D eigenvalue weighted by Gasteiger charge is 2.66. The molecule has 4 heteroatoms. The van der Waals surface area contributed by atoms with Crippen LogP contribution in [0.1, 0.15) is 33.6 Å². The van der Waals surface area contributed by atoms with Gasteiger partial charge in [0.1, 0.15) is 0 Å². The zero-order valence-electron chi connectivity index (χ0n) is 8.83. The molecule has 4 nitrogen and oxygen atoms in total. The van der Waals surface area contributed by atoms with E-state index in [4.69, 9.17) is 5.73 Å². The Labute approximate surface area is 83.4 Å². The normalized spacial score (nSPS) is 39.2. The largest absolute Gasteiger partial charge is 0.351 e. The number of hydrogen-bond donors (Lipinski definition) is 1. The van der Waals surface area contributed by atoms with E-state index in [0.717, 1.165) is 12.8 Å². The van der Waals surface area contributed by atoms with Gasteiger partial charge in [0.2, 0.25) is 5.91 Å². The molecule has 1 heterocycles. The molecule has 2 fully saturated rings. The number of imide groups is 1. The molecule has 0 aromatic heterocycles. The van der Waals surface area contributed by atoms with Crippen LogP contribution in [0.5, 0.6) is 0 Å². The number of rotatable bonds is 0. The van der Waals surface area contributed by atoms with Crippen molar-refractivity contribution in [2.45, 2.75) is 39.7 Å². The molecule has 78 valence electrons. The summed E-state index contributed by atoms with van der Waals surface area (Å²) in [5.41, 5.74) is 4.68. The Kier molecular flexibility index (Phi) is 1.56. The molecule has 0 radical (unpaired) electrons. The van der Waals surface area contributed by atoms with Crippen molar-refractivity contribution in [2.75, 3.05) is 0 Å². The molecule has 0 spiro atoms. The molecule has 0 aromatic carbocycles. The first-order valence-electron chi connectivity index (χ1n) is 4.95. The number of piperidine rings is 1. The summed E-state index contributed by atoms with van der Waals surface area (Å²) in [6, 6.07) is -0.603. The quantitative estimate of drug-likeness (QED) is 0.630. The Bertz CT molecular complexity index is 324. The van der Waals surface area contributed by atoms with Crippen molar-refractivity contribution >= 4 is 11.9 Å². The van der Waals surface area contributed by atoms with Crippen LogP contribution in [-0.2, 0) is 4.79 Å². The van der Waals surface area contributed by atoms with Crippen LogP contribution in [0.2, 0.25) is 0 Å².